The predicted molar refractivity (Wildman–Crippen MR) is 123 cm³/mol. The fourth-order valence-electron chi connectivity index (χ4n) is 5.29. The Morgan fingerprint density at radius 1 is 1.27 bits per heavy atom. The lowest BCUT2D eigenvalue weighted by atomic mass is 9.75. The lowest BCUT2D eigenvalue weighted by Crippen LogP contribution is -2.56. The Morgan fingerprint density at radius 3 is 2.64 bits per heavy atom. The zero-order valence-electron chi connectivity index (χ0n) is 19.7. The van der Waals surface area contributed by atoms with Gasteiger partial charge in [-0.3, -0.25) is 9.69 Å². The molecule has 4 atom stereocenters. The summed E-state index contributed by atoms with van der Waals surface area (Å²) in [5.41, 5.74) is 0.245. The normalized spacial score (nSPS) is 26.9. The second-order valence-electron chi connectivity index (χ2n) is 10.4. The number of nitrogens with zero attached hydrogens (tertiary/aromatic N) is 3. The van der Waals surface area contributed by atoms with Crippen molar-refractivity contribution < 1.29 is 19.0 Å². The lowest BCUT2D eigenvalue weighted by Gasteiger charge is -2.43. The number of carbonyl (C=O) groups excluding carboxylic acids is 1. The number of rotatable bonds is 6. The third-order valence-electron chi connectivity index (χ3n) is 7.15. The summed E-state index contributed by atoms with van der Waals surface area (Å²) in [6.45, 7) is 8.68. The van der Waals surface area contributed by atoms with E-state index < -0.39 is 18.0 Å². The minimum atomic E-state index is -0.839. The SMILES string of the molecule is CC(C)(C)C1CCN([C@@H]2[C@@H](O)[C@H](Oc3ccccc3F)C[C@H]2NC(=O)Cn2ccnc2)CC1. The molecule has 1 aromatic heterocycles. The van der Waals surface area contributed by atoms with E-state index in [9.17, 15) is 14.3 Å². The highest BCUT2D eigenvalue weighted by atomic mass is 19.1. The second-order valence-corrected chi connectivity index (χ2v) is 10.4. The number of hydrogen-bond donors (Lipinski definition) is 2. The van der Waals surface area contributed by atoms with Crippen LogP contribution in [0.25, 0.3) is 0 Å². The Balaban J connectivity index is 1.48. The average molecular weight is 459 g/mol. The summed E-state index contributed by atoms with van der Waals surface area (Å²) in [7, 11) is 0. The number of imidazole rings is 1. The number of hydrogen-bond acceptors (Lipinski definition) is 5. The molecule has 2 N–H and O–H groups in total. The van der Waals surface area contributed by atoms with Crippen LogP contribution in [-0.2, 0) is 11.3 Å². The quantitative estimate of drug-likeness (QED) is 0.696. The molecule has 2 fully saturated rings. The maximum absolute atomic E-state index is 14.2. The molecular weight excluding hydrogens is 423 g/mol. The molecule has 2 aliphatic rings. The molecule has 0 spiro atoms. The van der Waals surface area contributed by atoms with Gasteiger partial charge in [0.1, 0.15) is 18.8 Å². The molecule has 0 bridgehead atoms. The van der Waals surface area contributed by atoms with E-state index in [0.29, 0.717) is 12.3 Å². The van der Waals surface area contributed by atoms with Gasteiger partial charge in [0, 0.05) is 18.8 Å². The minimum Gasteiger partial charge on any atom is -0.485 e. The van der Waals surface area contributed by atoms with Crippen molar-refractivity contribution in [1.29, 1.82) is 0 Å². The van der Waals surface area contributed by atoms with E-state index in [1.54, 1.807) is 41.5 Å². The summed E-state index contributed by atoms with van der Waals surface area (Å²) in [5.74, 6) is 0.135. The number of carbonyl (C=O) groups is 1. The third-order valence-corrected chi connectivity index (χ3v) is 7.15. The topological polar surface area (TPSA) is 79.6 Å². The van der Waals surface area contributed by atoms with E-state index in [4.69, 9.17) is 4.74 Å². The number of aliphatic hydroxyl groups is 1. The van der Waals surface area contributed by atoms with Crippen LogP contribution in [0.2, 0.25) is 0 Å². The fraction of sp³-hybridized carbons (Fsp3) is 0.600. The van der Waals surface area contributed by atoms with Crippen molar-refractivity contribution in [2.24, 2.45) is 11.3 Å². The largest absolute Gasteiger partial charge is 0.485 e. The van der Waals surface area contributed by atoms with Crippen LogP contribution in [0.15, 0.2) is 43.0 Å². The molecule has 0 radical (unpaired) electrons. The van der Waals surface area contributed by atoms with Gasteiger partial charge in [-0.25, -0.2) is 9.37 Å². The molecule has 7 nitrogen and oxygen atoms in total. The van der Waals surface area contributed by atoms with Gasteiger partial charge in [0.2, 0.25) is 5.91 Å². The summed E-state index contributed by atoms with van der Waals surface area (Å²) in [4.78, 5) is 19.0. The van der Waals surface area contributed by atoms with Crippen molar-refractivity contribution >= 4 is 5.91 Å². The van der Waals surface area contributed by atoms with E-state index >= 15 is 0 Å². The number of aliphatic hydroxyl groups excluding tert-OH is 1. The number of aromatic nitrogens is 2. The number of para-hydroxylation sites is 1. The van der Waals surface area contributed by atoms with Gasteiger partial charge in [0.15, 0.2) is 11.6 Å². The first kappa shape index (κ1) is 23.7. The second kappa shape index (κ2) is 9.81. The number of likely N-dealkylation sites (tertiary alicyclic amines) is 1. The molecule has 8 heteroatoms. The van der Waals surface area contributed by atoms with Gasteiger partial charge in [-0.05, 0) is 49.4 Å². The average Bonchev–Trinajstić information content (AvgIpc) is 3.37. The maximum atomic E-state index is 14.2. The van der Waals surface area contributed by atoms with Crippen LogP contribution in [-0.4, -0.2) is 62.8 Å². The first-order valence-electron chi connectivity index (χ1n) is 11.8. The van der Waals surface area contributed by atoms with Crippen molar-refractivity contribution in [3.05, 3.63) is 48.8 Å². The number of halogens is 1. The standard InChI is InChI=1S/C25H35FN4O3/c1-25(2,3)17-8-11-30(12-9-17)23-19(28-22(31)15-29-13-10-27-16-29)14-21(24(23)32)33-20-7-5-4-6-18(20)26/h4-7,10,13,16-17,19,21,23-24,32H,8-9,11-12,14-15H2,1-3H3,(H,28,31)/t19-,21-,23+,24+/m1/s1. The van der Waals surface area contributed by atoms with Crippen LogP contribution < -0.4 is 10.1 Å². The Bertz CT molecular complexity index is 922. The zero-order valence-corrected chi connectivity index (χ0v) is 19.7. The molecule has 1 amide bonds. The van der Waals surface area contributed by atoms with Gasteiger partial charge in [0.25, 0.3) is 0 Å². The van der Waals surface area contributed by atoms with E-state index in [2.05, 4.69) is 36.0 Å². The maximum Gasteiger partial charge on any atom is 0.240 e. The Hall–Kier alpha value is -2.45. The molecule has 2 heterocycles. The highest BCUT2D eigenvalue weighted by molar-refractivity contribution is 5.76. The summed E-state index contributed by atoms with van der Waals surface area (Å²) < 4.78 is 21.8. The summed E-state index contributed by atoms with van der Waals surface area (Å²) in [5, 5.41) is 14.4. The van der Waals surface area contributed by atoms with E-state index in [-0.39, 0.29) is 35.7 Å². The number of ether oxygens (including phenoxy) is 1. The summed E-state index contributed by atoms with van der Waals surface area (Å²) in [6.07, 6.45) is 6.02. The van der Waals surface area contributed by atoms with E-state index in [0.717, 1.165) is 25.9 Å². The van der Waals surface area contributed by atoms with Crippen molar-refractivity contribution in [2.75, 3.05) is 13.1 Å². The molecular formula is C25H35FN4O3. The molecule has 1 saturated carbocycles. The molecule has 1 aliphatic heterocycles. The molecule has 1 aromatic carbocycles. The zero-order chi connectivity index (χ0) is 23.6. The lowest BCUT2D eigenvalue weighted by molar-refractivity contribution is -0.123. The minimum absolute atomic E-state index is 0.122. The van der Waals surface area contributed by atoms with Crippen molar-refractivity contribution in [3.8, 4) is 5.75 Å². The van der Waals surface area contributed by atoms with E-state index in [1.165, 1.54) is 6.07 Å². The van der Waals surface area contributed by atoms with Crippen LogP contribution in [0.3, 0.4) is 0 Å². The molecule has 33 heavy (non-hydrogen) atoms. The Labute approximate surface area is 194 Å². The first-order valence-corrected chi connectivity index (χ1v) is 11.8. The van der Waals surface area contributed by atoms with Crippen molar-refractivity contribution in [1.82, 2.24) is 19.8 Å². The molecule has 0 unspecified atom stereocenters. The van der Waals surface area contributed by atoms with Crippen molar-refractivity contribution in [3.63, 3.8) is 0 Å². The van der Waals surface area contributed by atoms with Gasteiger partial charge < -0.3 is 19.7 Å². The first-order chi connectivity index (χ1) is 15.7. The van der Waals surface area contributed by atoms with E-state index in [1.807, 2.05) is 0 Å². The van der Waals surface area contributed by atoms with Crippen LogP contribution in [0.4, 0.5) is 4.39 Å². The van der Waals surface area contributed by atoms with Crippen LogP contribution >= 0.6 is 0 Å². The van der Waals surface area contributed by atoms with Gasteiger partial charge in [-0.15, -0.1) is 0 Å². The van der Waals surface area contributed by atoms with Gasteiger partial charge >= 0.3 is 0 Å². The fourth-order valence-corrected chi connectivity index (χ4v) is 5.29. The highest BCUT2D eigenvalue weighted by Gasteiger charge is 2.48. The van der Waals surface area contributed by atoms with Gasteiger partial charge in [-0.2, -0.15) is 0 Å². The van der Waals surface area contributed by atoms with Gasteiger partial charge in [0.05, 0.1) is 18.4 Å². The number of amides is 1. The molecule has 180 valence electrons. The smallest absolute Gasteiger partial charge is 0.240 e. The Morgan fingerprint density at radius 2 is 2.00 bits per heavy atom. The molecule has 1 aliphatic carbocycles. The van der Waals surface area contributed by atoms with Crippen molar-refractivity contribution in [2.45, 2.75) is 70.9 Å². The summed E-state index contributed by atoms with van der Waals surface area (Å²) >= 11 is 0. The van der Waals surface area contributed by atoms with Crippen LogP contribution in [0.1, 0.15) is 40.0 Å². The monoisotopic (exact) mass is 458 g/mol. The third kappa shape index (κ3) is 5.55. The predicted octanol–water partition coefficient (Wildman–Crippen LogP) is 2.85. The number of piperidine rings is 1. The van der Waals surface area contributed by atoms with Crippen LogP contribution in [0, 0.1) is 17.2 Å². The number of benzene rings is 1. The summed E-state index contributed by atoms with van der Waals surface area (Å²) in [6, 6.07) is 5.65. The highest BCUT2D eigenvalue weighted by Crippen LogP contribution is 2.37. The van der Waals surface area contributed by atoms with Gasteiger partial charge in [-0.1, -0.05) is 32.9 Å². The Kier molecular flexibility index (Phi) is 7.05. The molecule has 1 saturated heterocycles. The number of nitrogens with one attached hydrogen (secondary N) is 1. The molecule has 2 aromatic rings. The van der Waals surface area contributed by atoms with Crippen LogP contribution in [0.5, 0.6) is 5.75 Å². The molecule has 4 rings (SSSR count).